The molecule has 2 fully saturated rings. The predicted molar refractivity (Wildman–Crippen MR) is 77.1 cm³/mol. The summed E-state index contributed by atoms with van der Waals surface area (Å²) >= 11 is 0. The lowest BCUT2D eigenvalue weighted by molar-refractivity contribution is -0.128. The highest BCUT2D eigenvalue weighted by atomic mass is 35.5. The zero-order valence-corrected chi connectivity index (χ0v) is 12.3. The quantitative estimate of drug-likeness (QED) is 0.777. The van der Waals surface area contributed by atoms with Gasteiger partial charge in [0.05, 0.1) is 5.54 Å². The van der Waals surface area contributed by atoms with E-state index in [1.165, 1.54) is 38.5 Å². The Labute approximate surface area is 117 Å². The van der Waals surface area contributed by atoms with Gasteiger partial charge in [-0.2, -0.15) is 0 Å². The molecular formula is C14H27ClN2O. The molecule has 2 aliphatic rings. The summed E-state index contributed by atoms with van der Waals surface area (Å²) in [6, 6.07) is 0.427. The lowest BCUT2D eigenvalue weighted by Crippen LogP contribution is -2.55. The van der Waals surface area contributed by atoms with Crippen molar-refractivity contribution in [2.75, 3.05) is 6.54 Å². The van der Waals surface area contributed by atoms with Crippen LogP contribution in [-0.2, 0) is 4.79 Å². The second-order valence-electron chi connectivity index (χ2n) is 5.63. The molecule has 1 saturated carbocycles. The molecule has 1 unspecified atom stereocenters. The first-order valence-electron chi connectivity index (χ1n) is 7.33. The van der Waals surface area contributed by atoms with Gasteiger partial charge >= 0.3 is 0 Å². The molecule has 2 N–H and O–H groups in total. The van der Waals surface area contributed by atoms with Crippen molar-refractivity contribution >= 4 is 18.3 Å². The molecule has 0 radical (unpaired) electrons. The predicted octanol–water partition coefficient (Wildman–Crippen LogP) is 2.78. The molecule has 18 heavy (non-hydrogen) atoms. The Morgan fingerprint density at radius 1 is 1.22 bits per heavy atom. The van der Waals surface area contributed by atoms with Crippen LogP contribution in [0.2, 0.25) is 0 Å². The van der Waals surface area contributed by atoms with Crippen molar-refractivity contribution in [2.45, 2.75) is 76.3 Å². The number of carbonyl (C=O) groups is 1. The maximum absolute atomic E-state index is 12.4. The third-order valence-electron chi connectivity index (χ3n) is 4.47. The Hall–Kier alpha value is -0.280. The van der Waals surface area contributed by atoms with E-state index >= 15 is 0 Å². The smallest absolute Gasteiger partial charge is 0.240 e. The highest BCUT2D eigenvalue weighted by Gasteiger charge is 2.39. The van der Waals surface area contributed by atoms with E-state index in [-0.39, 0.29) is 23.9 Å². The maximum atomic E-state index is 12.4. The van der Waals surface area contributed by atoms with Crippen LogP contribution in [0.5, 0.6) is 0 Å². The van der Waals surface area contributed by atoms with Crippen LogP contribution in [0, 0.1) is 0 Å². The fourth-order valence-electron chi connectivity index (χ4n) is 3.21. The van der Waals surface area contributed by atoms with Gasteiger partial charge < -0.3 is 10.6 Å². The topological polar surface area (TPSA) is 41.1 Å². The van der Waals surface area contributed by atoms with Gasteiger partial charge in [0.25, 0.3) is 0 Å². The third kappa shape index (κ3) is 3.61. The van der Waals surface area contributed by atoms with Gasteiger partial charge in [0.15, 0.2) is 0 Å². The van der Waals surface area contributed by atoms with Crippen molar-refractivity contribution in [3.63, 3.8) is 0 Å². The number of hydrogen-bond acceptors (Lipinski definition) is 2. The largest absolute Gasteiger partial charge is 0.352 e. The summed E-state index contributed by atoms with van der Waals surface area (Å²) in [5, 5.41) is 6.70. The molecule has 1 aliphatic carbocycles. The van der Waals surface area contributed by atoms with Crippen molar-refractivity contribution in [2.24, 2.45) is 0 Å². The fourth-order valence-corrected chi connectivity index (χ4v) is 3.21. The van der Waals surface area contributed by atoms with Gasteiger partial charge in [-0.25, -0.2) is 0 Å². The minimum absolute atomic E-state index is 0. The van der Waals surface area contributed by atoms with E-state index < -0.39 is 0 Å². The van der Waals surface area contributed by atoms with Crippen molar-refractivity contribution in [3.05, 3.63) is 0 Å². The van der Waals surface area contributed by atoms with Crippen molar-refractivity contribution in [1.29, 1.82) is 0 Å². The Bertz CT molecular complexity index is 257. The van der Waals surface area contributed by atoms with Gasteiger partial charge in [0, 0.05) is 6.04 Å². The molecule has 1 amide bonds. The zero-order valence-electron chi connectivity index (χ0n) is 11.5. The van der Waals surface area contributed by atoms with E-state index in [1.54, 1.807) is 0 Å². The average molecular weight is 275 g/mol. The highest BCUT2D eigenvalue weighted by molar-refractivity contribution is 5.86. The zero-order chi connectivity index (χ0) is 12.1. The molecule has 1 saturated heterocycles. The first-order chi connectivity index (χ1) is 8.27. The third-order valence-corrected chi connectivity index (χ3v) is 4.47. The van der Waals surface area contributed by atoms with Gasteiger partial charge in [-0.1, -0.05) is 32.6 Å². The number of nitrogens with one attached hydrogen (secondary N) is 2. The lowest BCUT2D eigenvalue weighted by atomic mass is 9.92. The molecule has 1 heterocycles. The van der Waals surface area contributed by atoms with Crippen LogP contribution in [0.1, 0.15) is 64.7 Å². The van der Waals surface area contributed by atoms with Crippen LogP contribution in [0.15, 0.2) is 0 Å². The molecule has 3 nitrogen and oxygen atoms in total. The van der Waals surface area contributed by atoms with Gasteiger partial charge in [0.1, 0.15) is 0 Å². The van der Waals surface area contributed by atoms with Crippen LogP contribution < -0.4 is 10.6 Å². The molecular weight excluding hydrogens is 248 g/mol. The summed E-state index contributed by atoms with van der Waals surface area (Å²) in [4.78, 5) is 12.4. The number of halogens is 1. The summed E-state index contributed by atoms with van der Waals surface area (Å²) in [7, 11) is 0. The standard InChI is InChI=1S/C14H26N2O.ClH/c1-2-14(10-7-11-15-14)13(17)16-12-8-5-3-4-6-9-12;/h12,15H,2-11H2,1H3,(H,16,17);1H. The summed E-state index contributed by atoms with van der Waals surface area (Å²) in [6.45, 7) is 3.11. The summed E-state index contributed by atoms with van der Waals surface area (Å²) in [5.41, 5.74) is -0.258. The Morgan fingerprint density at radius 2 is 1.89 bits per heavy atom. The summed E-state index contributed by atoms with van der Waals surface area (Å²) in [5.74, 6) is 0.254. The summed E-state index contributed by atoms with van der Waals surface area (Å²) in [6.07, 6.45) is 10.6. The van der Waals surface area contributed by atoms with Crippen LogP contribution in [-0.4, -0.2) is 24.0 Å². The maximum Gasteiger partial charge on any atom is 0.240 e. The molecule has 1 aliphatic heterocycles. The van der Waals surface area contributed by atoms with Crippen LogP contribution in [0.4, 0.5) is 0 Å². The normalized spacial score (nSPS) is 29.4. The fraction of sp³-hybridized carbons (Fsp3) is 0.929. The summed E-state index contributed by atoms with van der Waals surface area (Å²) < 4.78 is 0. The van der Waals surface area contributed by atoms with E-state index in [4.69, 9.17) is 0 Å². The van der Waals surface area contributed by atoms with Crippen LogP contribution >= 0.6 is 12.4 Å². The second kappa shape index (κ2) is 7.34. The minimum atomic E-state index is -0.258. The molecule has 1 atom stereocenters. The minimum Gasteiger partial charge on any atom is -0.352 e. The van der Waals surface area contributed by atoms with E-state index in [1.807, 2.05) is 0 Å². The Morgan fingerprint density at radius 3 is 2.39 bits per heavy atom. The van der Waals surface area contributed by atoms with Crippen LogP contribution in [0.3, 0.4) is 0 Å². The van der Waals surface area contributed by atoms with Gasteiger partial charge in [-0.15, -0.1) is 12.4 Å². The van der Waals surface area contributed by atoms with Gasteiger partial charge in [-0.3, -0.25) is 4.79 Å². The number of amides is 1. The molecule has 0 bridgehead atoms. The van der Waals surface area contributed by atoms with E-state index in [2.05, 4.69) is 17.6 Å². The van der Waals surface area contributed by atoms with Crippen molar-refractivity contribution in [3.8, 4) is 0 Å². The van der Waals surface area contributed by atoms with E-state index in [0.29, 0.717) is 6.04 Å². The number of carbonyl (C=O) groups excluding carboxylic acids is 1. The molecule has 106 valence electrons. The second-order valence-corrected chi connectivity index (χ2v) is 5.63. The Kier molecular flexibility index (Phi) is 6.44. The lowest BCUT2D eigenvalue weighted by Gasteiger charge is -2.29. The number of hydrogen-bond donors (Lipinski definition) is 2. The van der Waals surface area contributed by atoms with Gasteiger partial charge in [-0.05, 0) is 38.6 Å². The molecule has 4 heteroatoms. The highest BCUT2D eigenvalue weighted by Crippen LogP contribution is 2.24. The van der Waals surface area contributed by atoms with E-state index in [0.717, 1.165) is 25.8 Å². The first kappa shape index (κ1) is 15.8. The SMILES string of the molecule is CCC1(C(=O)NC2CCCCCC2)CCCN1.Cl. The average Bonchev–Trinajstić information content (AvgIpc) is 2.70. The first-order valence-corrected chi connectivity index (χ1v) is 7.33. The molecule has 0 aromatic rings. The van der Waals surface area contributed by atoms with Crippen LogP contribution in [0.25, 0.3) is 0 Å². The van der Waals surface area contributed by atoms with Gasteiger partial charge in [0.2, 0.25) is 5.91 Å². The molecule has 0 aromatic carbocycles. The molecule has 0 aromatic heterocycles. The van der Waals surface area contributed by atoms with E-state index in [9.17, 15) is 4.79 Å². The van der Waals surface area contributed by atoms with Crippen molar-refractivity contribution in [1.82, 2.24) is 10.6 Å². The van der Waals surface area contributed by atoms with Crippen molar-refractivity contribution < 1.29 is 4.79 Å². The monoisotopic (exact) mass is 274 g/mol. The molecule has 0 spiro atoms. The number of rotatable bonds is 3. The Balaban J connectivity index is 0.00000162. The molecule has 2 rings (SSSR count).